The Hall–Kier alpha value is -5.03. The van der Waals surface area contributed by atoms with Crippen LogP contribution in [0.1, 0.15) is 25.0 Å². The smallest absolute Gasteiger partial charge is 0.269 e. The van der Waals surface area contributed by atoms with Crippen LogP contribution in [0, 0.1) is 16.0 Å². The number of carbonyl (C=O) groups is 2. The van der Waals surface area contributed by atoms with Crippen molar-refractivity contribution in [2.45, 2.75) is 37.8 Å². The van der Waals surface area contributed by atoms with Crippen LogP contribution < -0.4 is 9.62 Å². The molecule has 4 rings (SSSR count). The van der Waals surface area contributed by atoms with Crippen molar-refractivity contribution in [1.29, 1.82) is 0 Å². The van der Waals surface area contributed by atoms with Crippen LogP contribution in [0.2, 0.25) is 0 Å². The van der Waals surface area contributed by atoms with Gasteiger partial charge >= 0.3 is 0 Å². The van der Waals surface area contributed by atoms with Gasteiger partial charge in [-0.1, -0.05) is 92.7 Å². The summed E-state index contributed by atoms with van der Waals surface area (Å²) >= 11 is 0. The average molecular weight is 629 g/mol. The number of carbonyl (C=O) groups excluding carboxylic acids is 2. The Morgan fingerprint density at radius 2 is 1.33 bits per heavy atom. The van der Waals surface area contributed by atoms with E-state index >= 15 is 0 Å². The second kappa shape index (κ2) is 15.1. The van der Waals surface area contributed by atoms with Gasteiger partial charge in [-0.15, -0.1) is 0 Å². The highest BCUT2D eigenvalue weighted by atomic mass is 32.2. The second-order valence-corrected chi connectivity index (χ2v) is 12.8. The lowest BCUT2D eigenvalue weighted by Crippen LogP contribution is -2.53. The number of anilines is 1. The van der Waals surface area contributed by atoms with Gasteiger partial charge in [-0.05, 0) is 41.3 Å². The Labute approximate surface area is 263 Å². The van der Waals surface area contributed by atoms with E-state index in [4.69, 9.17) is 0 Å². The third-order valence-electron chi connectivity index (χ3n) is 7.11. The molecule has 10 nitrogen and oxygen atoms in total. The summed E-state index contributed by atoms with van der Waals surface area (Å²) in [5, 5.41) is 14.3. The van der Waals surface area contributed by atoms with Gasteiger partial charge in [0.25, 0.3) is 15.7 Å². The zero-order valence-corrected chi connectivity index (χ0v) is 26.0. The number of non-ortho nitro benzene ring substituents is 1. The lowest BCUT2D eigenvalue weighted by Gasteiger charge is -2.34. The molecule has 0 aliphatic carbocycles. The van der Waals surface area contributed by atoms with Crippen molar-refractivity contribution < 1.29 is 22.9 Å². The summed E-state index contributed by atoms with van der Waals surface area (Å²) in [6.45, 7) is 3.73. The molecular formula is C34H36N4O6S. The van der Waals surface area contributed by atoms with Gasteiger partial charge in [0.05, 0.1) is 15.5 Å². The largest absolute Gasteiger partial charge is 0.354 e. The molecular weight excluding hydrogens is 592 g/mol. The molecule has 0 aliphatic heterocycles. The van der Waals surface area contributed by atoms with Crippen molar-refractivity contribution in [3.8, 4) is 0 Å². The Morgan fingerprint density at radius 3 is 1.87 bits per heavy atom. The summed E-state index contributed by atoms with van der Waals surface area (Å²) in [6, 6.07) is 30.1. The molecule has 1 N–H and O–H groups in total. The highest BCUT2D eigenvalue weighted by molar-refractivity contribution is 7.92. The molecule has 0 saturated carbocycles. The highest BCUT2D eigenvalue weighted by Crippen LogP contribution is 2.27. The predicted molar refractivity (Wildman–Crippen MR) is 173 cm³/mol. The zero-order chi connectivity index (χ0) is 32.4. The molecule has 1 atom stereocenters. The van der Waals surface area contributed by atoms with Crippen LogP contribution in [0.25, 0.3) is 0 Å². The number of sulfonamides is 1. The van der Waals surface area contributed by atoms with Crippen LogP contribution in [-0.4, -0.2) is 49.2 Å². The van der Waals surface area contributed by atoms with Crippen molar-refractivity contribution in [1.82, 2.24) is 10.2 Å². The van der Waals surface area contributed by atoms with E-state index in [0.29, 0.717) is 6.54 Å². The molecule has 45 heavy (non-hydrogen) atoms. The third-order valence-corrected chi connectivity index (χ3v) is 8.90. The lowest BCUT2D eigenvalue weighted by molar-refractivity contribution is -0.384. The van der Waals surface area contributed by atoms with E-state index in [1.807, 2.05) is 74.5 Å². The topological polar surface area (TPSA) is 130 Å². The first-order valence-electron chi connectivity index (χ1n) is 14.5. The number of hydrogen-bond acceptors (Lipinski definition) is 6. The maximum Gasteiger partial charge on any atom is 0.269 e. The molecule has 0 bridgehead atoms. The molecule has 0 fully saturated rings. The Bertz CT molecular complexity index is 1680. The molecule has 4 aromatic carbocycles. The van der Waals surface area contributed by atoms with E-state index in [1.165, 1.54) is 41.3 Å². The average Bonchev–Trinajstić information content (AvgIpc) is 3.05. The molecule has 4 aromatic rings. The SMILES string of the molecule is CC(C)CNC(=O)C(Cc1ccccc1)N(Cc1ccccc1)C(=O)CN(c1ccc([N+](=O)[O-])cc1)S(=O)(=O)c1ccccc1. The van der Waals surface area contributed by atoms with E-state index < -0.39 is 33.4 Å². The first-order valence-corrected chi connectivity index (χ1v) is 16.0. The van der Waals surface area contributed by atoms with E-state index in [2.05, 4.69) is 5.32 Å². The normalized spacial score (nSPS) is 11.9. The fourth-order valence-corrected chi connectivity index (χ4v) is 6.18. The molecule has 0 spiro atoms. The Balaban J connectivity index is 1.79. The van der Waals surface area contributed by atoms with Crippen molar-refractivity contribution in [3.05, 3.63) is 137 Å². The van der Waals surface area contributed by atoms with Crippen molar-refractivity contribution >= 4 is 33.2 Å². The number of nitrogens with one attached hydrogen (secondary N) is 1. The van der Waals surface area contributed by atoms with E-state index in [-0.39, 0.29) is 41.1 Å². The lowest BCUT2D eigenvalue weighted by atomic mass is 10.0. The van der Waals surface area contributed by atoms with Crippen LogP contribution in [0.5, 0.6) is 0 Å². The van der Waals surface area contributed by atoms with Gasteiger partial charge < -0.3 is 10.2 Å². The van der Waals surface area contributed by atoms with Crippen LogP contribution in [-0.2, 0) is 32.6 Å². The van der Waals surface area contributed by atoms with Crippen LogP contribution in [0.4, 0.5) is 11.4 Å². The van der Waals surface area contributed by atoms with E-state index in [9.17, 15) is 28.1 Å². The first-order chi connectivity index (χ1) is 21.6. The molecule has 1 unspecified atom stereocenters. The van der Waals surface area contributed by atoms with Crippen LogP contribution in [0.15, 0.2) is 120 Å². The predicted octanol–water partition coefficient (Wildman–Crippen LogP) is 5.20. The number of nitrogens with zero attached hydrogens (tertiary/aromatic N) is 3. The van der Waals surface area contributed by atoms with Gasteiger partial charge in [-0.2, -0.15) is 0 Å². The molecule has 0 aliphatic rings. The number of nitro groups is 1. The zero-order valence-electron chi connectivity index (χ0n) is 25.2. The Morgan fingerprint density at radius 1 is 0.800 bits per heavy atom. The fourth-order valence-electron chi connectivity index (χ4n) is 4.75. The standard InChI is InChI=1S/C34H36N4O6S/c1-26(2)23-35-34(40)32(22-27-12-6-3-7-13-27)36(24-28-14-8-4-9-15-28)33(39)25-37(29-18-20-30(21-19-29)38(41)42)45(43,44)31-16-10-5-11-17-31/h3-21,26,32H,22-25H2,1-2H3,(H,35,40). The summed E-state index contributed by atoms with van der Waals surface area (Å²) < 4.78 is 28.9. The summed E-state index contributed by atoms with van der Waals surface area (Å²) in [5.41, 5.74) is 1.43. The maximum absolute atomic E-state index is 14.4. The molecule has 0 heterocycles. The molecule has 0 aromatic heterocycles. The van der Waals surface area contributed by atoms with Gasteiger partial charge in [0, 0.05) is 31.6 Å². The van der Waals surface area contributed by atoms with Gasteiger partial charge in [0.1, 0.15) is 12.6 Å². The van der Waals surface area contributed by atoms with Gasteiger partial charge in [0.15, 0.2) is 0 Å². The van der Waals surface area contributed by atoms with E-state index in [1.54, 1.807) is 18.2 Å². The highest BCUT2D eigenvalue weighted by Gasteiger charge is 2.34. The fraction of sp³-hybridized carbons (Fsp3) is 0.235. The number of amides is 2. The van der Waals surface area contributed by atoms with Crippen molar-refractivity contribution in [2.24, 2.45) is 5.92 Å². The van der Waals surface area contributed by atoms with Gasteiger partial charge in [-0.3, -0.25) is 24.0 Å². The minimum absolute atomic E-state index is 0.0474. The minimum atomic E-state index is -4.30. The molecule has 11 heteroatoms. The van der Waals surface area contributed by atoms with E-state index in [0.717, 1.165) is 15.4 Å². The summed E-state index contributed by atoms with van der Waals surface area (Å²) in [5.74, 6) is -0.805. The Kier molecular flexibility index (Phi) is 11.0. The van der Waals surface area contributed by atoms with Crippen LogP contribution >= 0.6 is 0 Å². The quantitative estimate of drug-likeness (QED) is 0.151. The number of benzene rings is 4. The first kappa shape index (κ1) is 32.9. The van der Waals surface area contributed by atoms with Crippen molar-refractivity contribution in [3.63, 3.8) is 0 Å². The molecule has 0 saturated heterocycles. The summed E-state index contributed by atoms with van der Waals surface area (Å²) in [7, 11) is -4.30. The number of rotatable bonds is 14. The van der Waals surface area contributed by atoms with Gasteiger partial charge in [-0.25, -0.2) is 8.42 Å². The molecule has 0 radical (unpaired) electrons. The van der Waals surface area contributed by atoms with Crippen LogP contribution in [0.3, 0.4) is 0 Å². The van der Waals surface area contributed by atoms with Crippen molar-refractivity contribution in [2.75, 3.05) is 17.4 Å². The third kappa shape index (κ3) is 8.76. The molecule has 234 valence electrons. The van der Waals surface area contributed by atoms with Gasteiger partial charge in [0.2, 0.25) is 11.8 Å². The maximum atomic E-state index is 14.4. The summed E-state index contributed by atoms with van der Waals surface area (Å²) in [6.07, 6.45) is 0.201. The number of hydrogen-bond donors (Lipinski definition) is 1. The monoisotopic (exact) mass is 628 g/mol. The number of nitro benzene ring substituents is 1. The minimum Gasteiger partial charge on any atom is -0.354 e. The summed E-state index contributed by atoms with van der Waals surface area (Å²) in [4.78, 5) is 40.2. The molecule has 2 amide bonds. The second-order valence-electron chi connectivity index (χ2n) is 10.9.